The molecule has 4 heteroatoms. The summed E-state index contributed by atoms with van der Waals surface area (Å²) in [5.41, 5.74) is 0.230. The van der Waals surface area contributed by atoms with E-state index < -0.39 is 22.5 Å². The average molecular weight is 808 g/mol. The molecule has 1 aliphatic heterocycles. The lowest BCUT2D eigenvalue weighted by molar-refractivity contribution is 0.0510. The molecule has 0 saturated carbocycles. The molecule has 54 heavy (non-hydrogen) atoms. The van der Waals surface area contributed by atoms with E-state index in [0.29, 0.717) is 0 Å². The largest absolute Gasteiger partial charge is 0.415 e. The van der Waals surface area contributed by atoms with Crippen LogP contribution in [0.2, 0.25) is 42.3 Å². The van der Waals surface area contributed by atoms with Gasteiger partial charge in [0.15, 0.2) is 7.83 Å². The van der Waals surface area contributed by atoms with Crippen LogP contribution in [0.15, 0.2) is 0 Å². The van der Waals surface area contributed by atoms with Crippen LogP contribution in [0.25, 0.3) is 0 Å². The van der Waals surface area contributed by atoms with Crippen molar-refractivity contribution >= 4 is 22.5 Å². The second-order valence-electron chi connectivity index (χ2n) is 19.3. The molecule has 1 heterocycles. The highest BCUT2D eigenvalue weighted by Gasteiger charge is 2.71. The topological polar surface area (TPSA) is 9.23 Å². The summed E-state index contributed by atoms with van der Waals surface area (Å²) in [4.78, 5) is 0. The predicted molar refractivity (Wildman–Crippen MR) is 257 cm³/mol. The highest BCUT2D eigenvalue weighted by molar-refractivity contribution is 7.69. The summed E-state index contributed by atoms with van der Waals surface area (Å²) in [5, 5.41) is 0. The first kappa shape index (κ1) is 52.6. The van der Waals surface area contributed by atoms with Crippen LogP contribution >= 0.6 is 0 Å². The van der Waals surface area contributed by atoms with Gasteiger partial charge in [-0.1, -0.05) is 285 Å². The Bertz CT molecular complexity index is 724. The molecule has 1 rings (SSSR count). The molecule has 1 saturated heterocycles. The summed E-state index contributed by atoms with van der Waals surface area (Å²) < 4.78 is 8.86. The lowest BCUT2D eigenvalue weighted by atomic mass is 9.91. The summed E-state index contributed by atoms with van der Waals surface area (Å²) in [6.45, 7) is 19.5. The summed E-state index contributed by atoms with van der Waals surface area (Å²) in [7, 11) is -5.40. The summed E-state index contributed by atoms with van der Waals surface area (Å²) in [5.74, 6) is 0. The molecule has 0 unspecified atom stereocenters. The highest BCUT2D eigenvalue weighted by atomic mass is 29.6. The van der Waals surface area contributed by atoms with Crippen molar-refractivity contribution in [3.05, 3.63) is 0 Å². The minimum atomic E-state index is -2.03. The zero-order chi connectivity index (χ0) is 39.7. The summed E-state index contributed by atoms with van der Waals surface area (Å²) in [6, 6.07) is 11.7. The Labute approximate surface area is 347 Å². The van der Waals surface area contributed by atoms with Gasteiger partial charge in [-0.05, 0) is 31.0 Å². The van der Waals surface area contributed by atoms with Crippen molar-refractivity contribution in [3.63, 3.8) is 0 Å². The van der Waals surface area contributed by atoms with Crippen LogP contribution in [0.1, 0.15) is 274 Å². The molecule has 1 nitrogen and oxygen atoms in total. The Morgan fingerprint density at radius 3 is 0.907 bits per heavy atom. The van der Waals surface area contributed by atoms with Crippen molar-refractivity contribution in [2.24, 2.45) is 0 Å². The Kier molecular flexibility index (Phi) is 32.6. The number of hydrogen-bond acceptors (Lipinski definition) is 1. The molecule has 0 bridgehead atoms. The van der Waals surface area contributed by atoms with Crippen molar-refractivity contribution < 1.29 is 4.43 Å². The van der Waals surface area contributed by atoms with E-state index in [1.54, 1.807) is 68.0 Å². The molecule has 0 N–H and O–H groups in total. The highest BCUT2D eigenvalue weighted by Crippen LogP contribution is 2.59. The van der Waals surface area contributed by atoms with E-state index in [2.05, 4.69) is 55.4 Å². The molecule has 0 atom stereocenters. The minimum absolute atomic E-state index is 0.230. The van der Waals surface area contributed by atoms with E-state index >= 15 is 0 Å². The first-order chi connectivity index (χ1) is 26.4. The smallest absolute Gasteiger partial charge is 0.178 e. The second kappa shape index (κ2) is 33.4. The molecule has 1 fully saturated rings. The van der Waals surface area contributed by atoms with E-state index in [4.69, 9.17) is 4.43 Å². The molecule has 0 aromatic heterocycles. The van der Waals surface area contributed by atoms with E-state index in [0.717, 1.165) is 0 Å². The van der Waals surface area contributed by atoms with Crippen LogP contribution < -0.4 is 0 Å². The van der Waals surface area contributed by atoms with Crippen LogP contribution in [-0.2, 0) is 4.43 Å². The molecule has 1 aliphatic rings. The van der Waals surface area contributed by atoms with Gasteiger partial charge in [0.1, 0.15) is 0 Å². The van der Waals surface area contributed by atoms with Crippen LogP contribution in [0.3, 0.4) is 0 Å². The van der Waals surface area contributed by atoms with Crippen LogP contribution in [-0.4, -0.2) is 28.1 Å². The Morgan fingerprint density at radius 1 is 0.315 bits per heavy atom. The van der Waals surface area contributed by atoms with Gasteiger partial charge in [0.2, 0.25) is 0 Å². The molecule has 324 valence electrons. The maximum atomic E-state index is 8.86. The van der Waals surface area contributed by atoms with Gasteiger partial charge in [0, 0.05) is 0 Å². The SMILES string of the molecule is CCCCCCC1(CCCCCC)C[Si](CCCCCC)(CCCCCC)[Si](CCCCCC)(CCCCCC)[Si](CCCCCC)(CCCCCC)O1. The molecule has 0 aliphatic carbocycles. The second-order valence-corrected chi connectivity index (χ2v) is 42.7. The van der Waals surface area contributed by atoms with Gasteiger partial charge in [-0.2, -0.15) is 0 Å². The zero-order valence-corrected chi connectivity index (χ0v) is 42.4. The van der Waals surface area contributed by atoms with E-state index in [1.807, 2.05) is 0 Å². The van der Waals surface area contributed by atoms with Crippen molar-refractivity contribution in [2.75, 3.05) is 0 Å². The van der Waals surface area contributed by atoms with Gasteiger partial charge in [-0.25, -0.2) is 0 Å². The maximum Gasteiger partial charge on any atom is 0.178 e. The fourth-order valence-corrected chi connectivity index (χ4v) is 63.0. The summed E-state index contributed by atoms with van der Waals surface area (Å²) >= 11 is 0. The van der Waals surface area contributed by atoms with Gasteiger partial charge < -0.3 is 4.43 Å². The Hall–Kier alpha value is 0.611. The Balaban J connectivity index is 4.26. The van der Waals surface area contributed by atoms with Crippen LogP contribution in [0.4, 0.5) is 0 Å². The van der Waals surface area contributed by atoms with Crippen LogP contribution in [0, 0.1) is 0 Å². The number of unbranched alkanes of at least 4 members (excludes halogenated alkanes) is 24. The van der Waals surface area contributed by atoms with Gasteiger partial charge in [-0.3, -0.25) is 0 Å². The van der Waals surface area contributed by atoms with Gasteiger partial charge >= 0.3 is 0 Å². The summed E-state index contributed by atoms with van der Waals surface area (Å²) in [6.07, 6.45) is 49.5. The standard InChI is InChI=1S/C50H106OSi3/c1-9-17-25-33-41-50(42-34-26-18-10-2)49-52(43-35-27-19-11-3,44-36-28-20-12-4)54(47-39-31-23-15-7,48-40-32-24-16-8)53(51-50,45-37-29-21-13-5)46-38-30-22-14-6/h9-49H2,1-8H3. The van der Waals surface area contributed by atoms with Gasteiger partial charge in [-0.15, -0.1) is 0 Å². The maximum absolute atomic E-state index is 8.86. The number of rotatable bonds is 40. The average Bonchev–Trinajstić information content (AvgIpc) is 3.18. The van der Waals surface area contributed by atoms with E-state index in [1.165, 1.54) is 193 Å². The molecule has 0 amide bonds. The monoisotopic (exact) mass is 807 g/mol. The van der Waals surface area contributed by atoms with E-state index in [9.17, 15) is 0 Å². The fourth-order valence-electron chi connectivity index (χ4n) is 11.7. The third-order valence-corrected chi connectivity index (χ3v) is 55.0. The first-order valence-corrected chi connectivity index (χ1v) is 35.5. The lowest BCUT2D eigenvalue weighted by Crippen LogP contribution is -2.84. The fraction of sp³-hybridized carbons (Fsp3) is 1.00. The lowest BCUT2D eigenvalue weighted by Gasteiger charge is -2.67. The quantitative estimate of drug-likeness (QED) is 0.0443. The normalized spacial score (nSPS) is 17.3. The van der Waals surface area contributed by atoms with Crippen molar-refractivity contribution in [3.8, 4) is 0 Å². The van der Waals surface area contributed by atoms with E-state index in [-0.39, 0.29) is 5.60 Å². The van der Waals surface area contributed by atoms with Crippen molar-refractivity contribution in [2.45, 2.75) is 322 Å². The van der Waals surface area contributed by atoms with Crippen molar-refractivity contribution in [1.29, 1.82) is 0 Å². The van der Waals surface area contributed by atoms with Crippen molar-refractivity contribution in [1.82, 2.24) is 0 Å². The molecular formula is C50H106OSi3. The predicted octanol–water partition coefficient (Wildman–Crippen LogP) is 19.2. The van der Waals surface area contributed by atoms with Crippen LogP contribution in [0.5, 0.6) is 0 Å². The molecule has 0 spiro atoms. The molecular weight excluding hydrogens is 701 g/mol. The Morgan fingerprint density at radius 2 is 0.593 bits per heavy atom. The zero-order valence-electron chi connectivity index (χ0n) is 39.4. The molecule has 0 aromatic rings. The third kappa shape index (κ3) is 18.7. The molecule has 0 radical (unpaired) electrons. The minimum Gasteiger partial charge on any atom is -0.415 e. The van der Waals surface area contributed by atoms with Gasteiger partial charge in [0.25, 0.3) is 0 Å². The van der Waals surface area contributed by atoms with Gasteiger partial charge in [0.05, 0.1) is 20.3 Å². The number of hydrogen-bond donors (Lipinski definition) is 0. The first-order valence-electron chi connectivity index (χ1n) is 26.1. The molecule has 0 aromatic carbocycles. The third-order valence-electron chi connectivity index (χ3n) is 14.7.